The quantitative estimate of drug-likeness (QED) is 0.124. The molecule has 10 aromatic carbocycles. The van der Waals surface area contributed by atoms with Crippen LogP contribution in [0.3, 0.4) is 0 Å². The maximum Gasteiger partial charge on any atom is 0.0667 e. The molecule has 0 spiro atoms. The highest BCUT2D eigenvalue weighted by atomic mass is 14.7. The van der Waals surface area contributed by atoms with E-state index < -0.39 is 0 Å². The third kappa shape index (κ3) is 5.76. The lowest BCUT2D eigenvalue weighted by molar-refractivity contribution is 1.50. The SMILES string of the molecule is CC.CC=N/C(=C\C)c1c2ccccc2c(-c2ccc3c(-c4ccc5ccccc5c4)c4ccccc4c(-c4ccc5ccccc5c4)c3c2)c2ccccc12. The summed E-state index contributed by atoms with van der Waals surface area (Å²) in [7, 11) is 0. The predicted molar refractivity (Wildman–Crippen MR) is 247 cm³/mol. The number of fused-ring (bicyclic) bond motifs is 6. The van der Waals surface area contributed by atoms with E-state index in [-0.39, 0.29) is 0 Å². The van der Waals surface area contributed by atoms with Crippen LogP contribution < -0.4 is 0 Å². The van der Waals surface area contributed by atoms with Gasteiger partial charge in [-0.1, -0.05) is 178 Å². The second kappa shape index (κ2) is 14.8. The van der Waals surface area contributed by atoms with Gasteiger partial charge in [0, 0.05) is 11.8 Å². The second-order valence-corrected chi connectivity index (χ2v) is 14.1. The van der Waals surface area contributed by atoms with Crippen molar-refractivity contribution in [3.8, 4) is 33.4 Å². The van der Waals surface area contributed by atoms with Gasteiger partial charge in [0.15, 0.2) is 0 Å². The molecule has 0 unspecified atom stereocenters. The second-order valence-electron chi connectivity index (χ2n) is 14.1. The molecule has 0 aromatic heterocycles. The molecule has 0 bridgehead atoms. The fourth-order valence-electron chi connectivity index (χ4n) is 8.78. The van der Waals surface area contributed by atoms with E-state index in [4.69, 9.17) is 4.99 Å². The Morgan fingerprint density at radius 3 is 1.18 bits per heavy atom. The maximum absolute atomic E-state index is 4.85. The van der Waals surface area contributed by atoms with Crippen LogP contribution in [0.1, 0.15) is 33.3 Å². The summed E-state index contributed by atoms with van der Waals surface area (Å²) >= 11 is 0. The monoisotopic (exact) mass is 717 g/mol. The van der Waals surface area contributed by atoms with E-state index in [9.17, 15) is 0 Å². The van der Waals surface area contributed by atoms with Gasteiger partial charge in [-0.15, -0.1) is 0 Å². The van der Waals surface area contributed by atoms with Crippen molar-refractivity contribution in [3.05, 3.63) is 188 Å². The van der Waals surface area contributed by atoms with E-state index in [1.54, 1.807) is 0 Å². The molecule has 0 N–H and O–H groups in total. The Morgan fingerprint density at radius 2 is 0.714 bits per heavy atom. The fourth-order valence-corrected chi connectivity index (χ4v) is 8.78. The van der Waals surface area contributed by atoms with Crippen LogP contribution in [-0.2, 0) is 0 Å². The lowest BCUT2D eigenvalue weighted by atomic mass is 9.82. The van der Waals surface area contributed by atoms with E-state index in [1.165, 1.54) is 104 Å². The Balaban J connectivity index is 0.00000202. The highest BCUT2D eigenvalue weighted by Crippen LogP contribution is 2.48. The van der Waals surface area contributed by atoms with E-state index in [0.717, 1.165) is 5.70 Å². The number of hydrogen-bond acceptors (Lipinski definition) is 1. The molecule has 0 heterocycles. The molecular formula is C55H43N. The van der Waals surface area contributed by atoms with Crippen LogP contribution in [-0.4, -0.2) is 6.21 Å². The van der Waals surface area contributed by atoms with Gasteiger partial charge in [-0.05, 0) is 130 Å². The zero-order chi connectivity index (χ0) is 38.2. The van der Waals surface area contributed by atoms with E-state index in [2.05, 4.69) is 189 Å². The number of aliphatic imine (C=N–C) groups is 1. The van der Waals surface area contributed by atoms with Crippen molar-refractivity contribution in [2.75, 3.05) is 0 Å². The molecule has 0 saturated carbocycles. The van der Waals surface area contributed by atoms with Crippen molar-refractivity contribution < 1.29 is 0 Å². The Bertz CT molecular complexity index is 3120. The summed E-state index contributed by atoms with van der Waals surface area (Å²) in [5.74, 6) is 0. The third-order valence-corrected chi connectivity index (χ3v) is 11.1. The van der Waals surface area contributed by atoms with Gasteiger partial charge in [0.2, 0.25) is 0 Å². The number of allylic oxidation sites excluding steroid dienone is 1. The van der Waals surface area contributed by atoms with Crippen molar-refractivity contribution in [2.45, 2.75) is 27.7 Å². The molecule has 0 aliphatic heterocycles. The minimum absolute atomic E-state index is 0.986. The normalized spacial score (nSPS) is 12.0. The summed E-state index contributed by atoms with van der Waals surface area (Å²) in [5.41, 5.74) is 9.57. The minimum Gasteiger partial charge on any atom is -0.261 e. The van der Waals surface area contributed by atoms with Crippen molar-refractivity contribution in [2.24, 2.45) is 4.99 Å². The number of hydrogen-bond donors (Lipinski definition) is 0. The number of nitrogens with zero attached hydrogens (tertiary/aromatic N) is 1. The predicted octanol–water partition coefficient (Wildman–Crippen LogP) is 16.1. The van der Waals surface area contributed by atoms with E-state index >= 15 is 0 Å². The van der Waals surface area contributed by atoms with Crippen LogP contribution in [0.25, 0.3) is 104 Å². The molecule has 0 amide bonds. The molecule has 56 heavy (non-hydrogen) atoms. The Morgan fingerprint density at radius 1 is 0.357 bits per heavy atom. The molecule has 10 rings (SSSR count). The molecule has 0 aliphatic carbocycles. The molecule has 1 heteroatoms. The smallest absolute Gasteiger partial charge is 0.0667 e. The first-order valence-electron chi connectivity index (χ1n) is 19.8. The van der Waals surface area contributed by atoms with Crippen LogP contribution in [0, 0.1) is 0 Å². The minimum atomic E-state index is 0.986. The highest BCUT2D eigenvalue weighted by molar-refractivity contribution is 6.24. The summed E-state index contributed by atoms with van der Waals surface area (Å²) in [6, 6.07) is 65.0. The van der Waals surface area contributed by atoms with Crippen molar-refractivity contribution >= 4 is 76.5 Å². The van der Waals surface area contributed by atoms with Gasteiger partial charge in [0.05, 0.1) is 5.70 Å². The van der Waals surface area contributed by atoms with E-state index in [1.807, 2.05) is 27.0 Å². The lowest BCUT2D eigenvalue weighted by Crippen LogP contribution is -1.94. The summed E-state index contributed by atoms with van der Waals surface area (Å²) < 4.78 is 0. The highest BCUT2D eigenvalue weighted by Gasteiger charge is 2.21. The zero-order valence-electron chi connectivity index (χ0n) is 32.3. The van der Waals surface area contributed by atoms with Crippen LogP contribution in [0.2, 0.25) is 0 Å². The molecule has 0 aliphatic rings. The van der Waals surface area contributed by atoms with Crippen LogP contribution >= 0.6 is 0 Å². The molecule has 0 radical (unpaired) electrons. The summed E-state index contributed by atoms with van der Waals surface area (Å²) in [6.07, 6.45) is 4.01. The molecule has 0 saturated heterocycles. The average Bonchev–Trinajstić information content (AvgIpc) is 3.27. The lowest BCUT2D eigenvalue weighted by Gasteiger charge is -2.21. The average molecular weight is 718 g/mol. The van der Waals surface area contributed by atoms with Gasteiger partial charge < -0.3 is 0 Å². The molecule has 1 nitrogen and oxygen atoms in total. The zero-order valence-corrected chi connectivity index (χ0v) is 32.3. The Kier molecular flexibility index (Phi) is 9.21. The van der Waals surface area contributed by atoms with Crippen molar-refractivity contribution in [1.29, 1.82) is 0 Å². The molecule has 268 valence electrons. The van der Waals surface area contributed by atoms with E-state index in [0.29, 0.717) is 0 Å². The van der Waals surface area contributed by atoms with Crippen LogP contribution in [0.5, 0.6) is 0 Å². The maximum atomic E-state index is 4.85. The van der Waals surface area contributed by atoms with Crippen LogP contribution in [0.15, 0.2) is 187 Å². The first-order chi connectivity index (χ1) is 27.7. The van der Waals surface area contributed by atoms with Crippen LogP contribution in [0.4, 0.5) is 0 Å². The number of benzene rings is 10. The molecular weight excluding hydrogens is 675 g/mol. The van der Waals surface area contributed by atoms with Gasteiger partial charge in [0.1, 0.15) is 0 Å². The third-order valence-electron chi connectivity index (χ3n) is 11.1. The molecule has 0 atom stereocenters. The fraction of sp³-hybridized carbons (Fsp3) is 0.0727. The molecule has 10 aromatic rings. The Labute approximate surface area is 328 Å². The van der Waals surface area contributed by atoms with Gasteiger partial charge in [-0.25, -0.2) is 0 Å². The largest absolute Gasteiger partial charge is 0.261 e. The first kappa shape index (κ1) is 34.9. The first-order valence-corrected chi connectivity index (χ1v) is 19.8. The topological polar surface area (TPSA) is 12.4 Å². The van der Waals surface area contributed by atoms with Crippen molar-refractivity contribution in [1.82, 2.24) is 0 Å². The summed E-state index contributed by atoms with van der Waals surface area (Å²) in [4.78, 5) is 4.85. The number of rotatable bonds is 5. The van der Waals surface area contributed by atoms with Gasteiger partial charge in [-0.2, -0.15) is 0 Å². The van der Waals surface area contributed by atoms with Crippen molar-refractivity contribution in [3.63, 3.8) is 0 Å². The standard InChI is InChI=1S/C53H37N.C2H6/c1-3-49(54-4-2)53-45-23-13-11-21-43(45)51(44-22-12-14-24-46(44)53)40-29-30-47-48(33-40)52(39-28-26-35-16-6-8-18-37(35)32-39)42-20-10-9-19-41(42)50(47)38-27-25-34-15-5-7-17-36(34)31-38;1-2/h3-33H,1-2H3;1-2H3/b49-3-,54-4?;. The van der Waals surface area contributed by atoms with Gasteiger partial charge >= 0.3 is 0 Å². The summed E-state index contributed by atoms with van der Waals surface area (Å²) in [5, 5.41) is 14.8. The van der Waals surface area contributed by atoms with Gasteiger partial charge in [-0.3, -0.25) is 4.99 Å². The van der Waals surface area contributed by atoms with Gasteiger partial charge in [0.25, 0.3) is 0 Å². The Hall–Kier alpha value is -6.83. The molecule has 0 fully saturated rings. The summed E-state index contributed by atoms with van der Waals surface area (Å²) in [6.45, 7) is 8.06.